The van der Waals surface area contributed by atoms with Gasteiger partial charge in [0.15, 0.2) is 0 Å². The van der Waals surface area contributed by atoms with Gasteiger partial charge in [0.25, 0.3) is 0 Å². The highest BCUT2D eigenvalue weighted by molar-refractivity contribution is 5.87. The molecule has 2 aliphatic carbocycles. The van der Waals surface area contributed by atoms with Crippen LogP contribution < -0.4 is 5.32 Å². The number of hydrogen-bond acceptors (Lipinski definition) is 4. The van der Waals surface area contributed by atoms with E-state index in [2.05, 4.69) is 29.6 Å². The lowest BCUT2D eigenvalue weighted by Crippen LogP contribution is -2.52. The minimum atomic E-state index is -1.28. The smallest absolute Gasteiger partial charge is 0.407 e. The van der Waals surface area contributed by atoms with Crippen molar-refractivity contribution in [3.63, 3.8) is 0 Å². The Kier molecular flexibility index (Phi) is 6.15. The molecule has 0 bridgehead atoms. The number of carboxylic acid groups (broad SMARTS) is 1. The van der Waals surface area contributed by atoms with Crippen molar-refractivity contribution in [2.45, 2.75) is 50.6 Å². The number of alkyl carbamates (subject to hydrolysis) is 1. The maximum atomic E-state index is 12.8. The molecule has 2 aliphatic rings. The molecule has 174 valence electrons. The second kappa shape index (κ2) is 8.89. The van der Waals surface area contributed by atoms with Crippen LogP contribution in [0.1, 0.15) is 50.2 Å². The van der Waals surface area contributed by atoms with Crippen molar-refractivity contribution in [3.8, 4) is 11.1 Å². The lowest BCUT2D eigenvalue weighted by molar-refractivity contribution is -0.156. The van der Waals surface area contributed by atoms with Crippen molar-refractivity contribution < 1.29 is 24.2 Å². The molecule has 0 aliphatic heterocycles. The average Bonchev–Trinajstić information content (AvgIpc) is 3.39. The molecule has 2 unspecified atom stereocenters. The first kappa shape index (κ1) is 22.8. The van der Waals surface area contributed by atoms with E-state index in [1.165, 1.54) is 36.9 Å². The van der Waals surface area contributed by atoms with Crippen molar-refractivity contribution >= 4 is 18.0 Å². The zero-order valence-corrected chi connectivity index (χ0v) is 19.2. The van der Waals surface area contributed by atoms with Gasteiger partial charge in [0, 0.05) is 24.9 Å². The van der Waals surface area contributed by atoms with Crippen molar-refractivity contribution in [2.75, 3.05) is 13.7 Å². The van der Waals surface area contributed by atoms with Gasteiger partial charge in [-0.25, -0.2) is 9.59 Å². The van der Waals surface area contributed by atoms with Crippen molar-refractivity contribution in [2.24, 2.45) is 5.92 Å². The number of carbonyl (C=O) groups is 3. The molecular weight excluding hydrogens is 420 g/mol. The van der Waals surface area contributed by atoms with E-state index < -0.39 is 17.6 Å². The summed E-state index contributed by atoms with van der Waals surface area (Å²) in [6, 6.07) is 16.2. The van der Waals surface area contributed by atoms with Gasteiger partial charge in [-0.2, -0.15) is 0 Å². The van der Waals surface area contributed by atoms with Gasteiger partial charge in [0.05, 0.1) is 0 Å². The monoisotopic (exact) mass is 450 g/mol. The third-order valence-corrected chi connectivity index (χ3v) is 7.14. The molecule has 1 saturated carbocycles. The normalized spacial score (nSPS) is 19.5. The Labute approximate surface area is 193 Å². The Balaban J connectivity index is 1.33. The quantitative estimate of drug-likeness (QED) is 0.693. The van der Waals surface area contributed by atoms with E-state index in [1.54, 1.807) is 0 Å². The Bertz CT molecular complexity index is 1030. The molecule has 7 heteroatoms. The van der Waals surface area contributed by atoms with Crippen LogP contribution in [0.15, 0.2) is 48.5 Å². The van der Waals surface area contributed by atoms with Crippen LogP contribution in [-0.4, -0.2) is 53.2 Å². The summed E-state index contributed by atoms with van der Waals surface area (Å²) in [4.78, 5) is 38.1. The van der Waals surface area contributed by atoms with Crippen LogP contribution in [0.25, 0.3) is 11.1 Å². The summed E-state index contributed by atoms with van der Waals surface area (Å²) < 4.78 is 5.61. The minimum Gasteiger partial charge on any atom is -0.480 e. The summed E-state index contributed by atoms with van der Waals surface area (Å²) >= 11 is 0. The van der Waals surface area contributed by atoms with Crippen LogP contribution in [0.4, 0.5) is 4.79 Å². The van der Waals surface area contributed by atoms with E-state index in [-0.39, 0.29) is 30.4 Å². The molecule has 0 saturated heterocycles. The number of carbonyl (C=O) groups excluding carboxylic acids is 2. The SMILES string of the molecule is CN(C(=O)C1CCC(NC(=O)OCC2c3ccccc3-c3ccccc32)C1)C(C)(C)C(=O)O. The summed E-state index contributed by atoms with van der Waals surface area (Å²) in [5.74, 6) is -1.58. The third-order valence-electron chi connectivity index (χ3n) is 7.14. The number of aliphatic carboxylic acids is 1. The zero-order chi connectivity index (χ0) is 23.8. The average molecular weight is 451 g/mol. The summed E-state index contributed by atoms with van der Waals surface area (Å²) in [5, 5.41) is 12.3. The molecule has 0 spiro atoms. The van der Waals surface area contributed by atoms with Gasteiger partial charge in [-0.3, -0.25) is 4.79 Å². The molecular formula is C26H30N2O5. The predicted octanol–water partition coefficient (Wildman–Crippen LogP) is 4.02. The van der Waals surface area contributed by atoms with Crippen molar-refractivity contribution in [1.29, 1.82) is 0 Å². The molecule has 7 nitrogen and oxygen atoms in total. The van der Waals surface area contributed by atoms with E-state index >= 15 is 0 Å². The number of fused-ring (bicyclic) bond motifs is 3. The van der Waals surface area contributed by atoms with E-state index in [0.717, 1.165) is 11.1 Å². The van der Waals surface area contributed by atoms with Gasteiger partial charge in [-0.1, -0.05) is 48.5 Å². The van der Waals surface area contributed by atoms with Crippen LogP contribution in [-0.2, 0) is 14.3 Å². The highest BCUT2D eigenvalue weighted by Crippen LogP contribution is 2.44. The third kappa shape index (κ3) is 4.32. The van der Waals surface area contributed by atoms with Gasteiger partial charge >= 0.3 is 12.1 Å². The fraction of sp³-hybridized carbons (Fsp3) is 0.423. The topological polar surface area (TPSA) is 95.9 Å². The molecule has 2 aromatic carbocycles. The van der Waals surface area contributed by atoms with Crippen LogP contribution in [0.5, 0.6) is 0 Å². The Morgan fingerprint density at radius 2 is 1.61 bits per heavy atom. The molecule has 2 aromatic rings. The summed E-state index contributed by atoms with van der Waals surface area (Å²) in [5.41, 5.74) is 3.37. The molecule has 1 fully saturated rings. The highest BCUT2D eigenvalue weighted by atomic mass is 16.5. The Hall–Kier alpha value is -3.35. The number of nitrogens with zero attached hydrogens (tertiary/aromatic N) is 1. The predicted molar refractivity (Wildman–Crippen MR) is 124 cm³/mol. The van der Waals surface area contributed by atoms with Crippen LogP contribution in [0.2, 0.25) is 0 Å². The lowest BCUT2D eigenvalue weighted by atomic mass is 9.98. The summed E-state index contributed by atoms with van der Waals surface area (Å²) in [6.45, 7) is 3.26. The Morgan fingerprint density at radius 3 is 2.18 bits per heavy atom. The number of benzene rings is 2. The summed E-state index contributed by atoms with van der Waals surface area (Å²) in [6.07, 6.45) is 1.24. The van der Waals surface area contributed by atoms with E-state index in [1.807, 2.05) is 24.3 Å². The molecule has 2 N–H and O–H groups in total. The Morgan fingerprint density at radius 1 is 1.03 bits per heavy atom. The molecule has 2 atom stereocenters. The van der Waals surface area contributed by atoms with E-state index in [9.17, 15) is 19.5 Å². The maximum absolute atomic E-state index is 12.8. The molecule has 4 rings (SSSR count). The molecule has 0 heterocycles. The molecule has 2 amide bonds. The van der Waals surface area contributed by atoms with Gasteiger partial charge in [-0.15, -0.1) is 0 Å². The molecule has 0 radical (unpaired) electrons. The van der Waals surface area contributed by atoms with E-state index in [0.29, 0.717) is 19.3 Å². The number of carboxylic acids is 1. The molecule has 33 heavy (non-hydrogen) atoms. The minimum absolute atomic E-state index is 0.00652. The first-order chi connectivity index (χ1) is 15.7. The van der Waals surface area contributed by atoms with Gasteiger partial charge in [0.1, 0.15) is 12.1 Å². The zero-order valence-electron chi connectivity index (χ0n) is 19.2. The largest absolute Gasteiger partial charge is 0.480 e. The van der Waals surface area contributed by atoms with Gasteiger partial charge in [0.2, 0.25) is 5.91 Å². The first-order valence-corrected chi connectivity index (χ1v) is 11.3. The fourth-order valence-electron chi connectivity index (χ4n) is 4.84. The fourth-order valence-corrected chi connectivity index (χ4v) is 4.84. The second-order valence-corrected chi connectivity index (χ2v) is 9.44. The van der Waals surface area contributed by atoms with Crippen LogP contribution in [0.3, 0.4) is 0 Å². The van der Waals surface area contributed by atoms with Crippen LogP contribution >= 0.6 is 0 Å². The number of likely N-dealkylation sites (N-methyl/N-ethyl adjacent to an activating group) is 1. The summed E-state index contributed by atoms with van der Waals surface area (Å²) in [7, 11) is 1.52. The lowest BCUT2D eigenvalue weighted by Gasteiger charge is -2.33. The number of nitrogens with one attached hydrogen (secondary N) is 1. The molecule has 0 aromatic heterocycles. The number of amides is 2. The van der Waals surface area contributed by atoms with Crippen LogP contribution in [0, 0.1) is 5.92 Å². The van der Waals surface area contributed by atoms with Gasteiger partial charge in [-0.05, 0) is 55.4 Å². The standard InChI is InChI=1S/C26H30N2O5/c1-26(2,24(30)31)28(3)23(29)16-12-13-17(14-16)27-25(32)33-15-22-20-10-6-4-8-18(20)19-9-5-7-11-21(19)22/h4-11,16-17,22H,12-15H2,1-3H3,(H,27,32)(H,30,31). The van der Waals surface area contributed by atoms with Crippen molar-refractivity contribution in [1.82, 2.24) is 10.2 Å². The number of ether oxygens (including phenoxy) is 1. The van der Waals surface area contributed by atoms with E-state index in [4.69, 9.17) is 4.74 Å². The van der Waals surface area contributed by atoms with Crippen molar-refractivity contribution in [3.05, 3.63) is 59.7 Å². The number of rotatable bonds is 6. The first-order valence-electron chi connectivity index (χ1n) is 11.3. The number of hydrogen-bond donors (Lipinski definition) is 2. The van der Waals surface area contributed by atoms with Gasteiger partial charge < -0.3 is 20.1 Å². The highest BCUT2D eigenvalue weighted by Gasteiger charge is 2.40. The maximum Gasteiger partial charge on any atom is 0.407 e. The second-order valence-electron chi connectivity index (χ2n) is 9.44.